The molecule has 4 aromatic heterocycles. The van der Waals surface area contributed by atoms with Gasteiger partial charge in [0.25, 0.3) is 0 Å². The number of anilines is 2. The van der Waals surface area contributed by atoms with Crippen molar-refractivity contribution in [2.75, 3.05) is 25.6 Å². The molecule has 0 saturated carbocycles. The molecule has 0 radical (unpaired) electrons. The van der Waals surface area contributed by atoms with Crippen LogP contribution in [0.25, 0.3) is 22.2 Å². The summed E-state index contributed by atoms with van der Waals surface area (Å²) in [5, 5.41) is 12.6. The van der Waals surface area contributed by atoms with Crippen molar-refractivity contribution in [2.24, 2.45) is 0 Å². The van der Waals surface area contributed by atoms with E-state index in [0.29, 0.717) is 48.6 Å². The molecule has 0 aliphatic rings. The fraction of sp³-hybridized carbons (Fsp3) is 0.182. The molecule has 0 saturated heterocycles. The second kappa shape index (κ2) is 8.90. The van der Waals surface area contributed by atoms with Crippen molar-refractivity contribution in [3.63, 3.8) is 0 Å². The Bertz CT molecular complexity index is 1370. The zero-order valence-electron chi connectivity index (χ0n) is 17.3. The van der Waals surface area contributed by atoms with E-state index in [1.54, 1.807) is 30.3 Å². The number of rotatable bonds is 8. The Morgan fingerprint density at radius 1 is 0.969 bits per heavy atom. The summed E-state index contributed by atoms with van der Waals surface area (Å²) in [6.45, 7) is 1.43. The smallest absolute Gasteiger partial charge is 0.221 e. The van der Waals surface area contributed by atoms with Gasteiger partial charge in [-0.25, -0.2) is 14.6 Å². The van der Waals surface area contributed by atoms with Crippen LogP contribution in [0, 0.1) is 0 Å². The SMILES string of the molecule is COCCOc1cccc(Nc2cnc3nnn(Cc4ccc5ncccc5c4)c3n2)n1. The Kier molecular flexibility index (Phi) is 5.50. The van der Waals surface area contributed by atoms with Crippen molar-refractivity contribution < 1.29 is 9.47 Å². The number of fused-ring (bicyclic) bond motifs is 2. The molecule has 5 aromatic rings. The molecular formula is C22H20N8O2. The predicted octanol–water partition coefficient (Wildman–Crippen LogP) is 2.98. The number of benzene rings is 1. The summed E-state index contributed by atoms with van der Waals surface area (Å²) in [7, 11) is 1.63. The molecule has 0 fully saturated rings. The molecule has 0 aliphatic heterocycles. The molecule has 5 rings (SSSR count). The summed E-state index contributed by atoms with van der Waals surface area (Å²) in [5.41, 5.74) is 3.07. The first kappa shape index (κ1) is 19.8. The fourth-order valence-electron chi connectivity index (χ4n) is 3.24. The lowest BCUT2D eigenvalue weighted by molar-refractivity contribution is 0.144. The van der Waals surface area contributed by atoms with E-state index in [0.717, 1.165) is 16.5 Å². The molecule has 1 aromatic carbocycles. The maximum atomic E-state index is 5.56. The summed E-state index contributed by atoms with van der Waals surface area (Å²) < 4.78 is 12.3. The van der Waals surface area contributed by atoms with Crippen molar-refractivity contribution in [3.8, 4) is 5.88 Å². The van der Waals surface area contributed by atoms with E-state index in [2.05, 4.69) is 41.6 Å². The van der Waals surface area contributed by atoms with Crippen molar-refractivity contribution in [3.05, 3.63) is 66.5 Å². The number of pyridine rings is 2. The van der Waals surface area contributed by atoms with Gasteiger partial charge in [-0.2, -0.15) is 4.98 Å². The average molecular weight is 428 g/mol. The van der Waals surface area contributed by atoms with Crippen LogP contribution in [-0.4, -0.2) is 55.3 Å². The lowest BCUT2D eigenvalue weighted by Crippen LogP contribution is -2.06. The number of nitrogens with zero attached hydrogens (tertiary/aromatic N) is 7. The topological polar surface area (TPSA) is 113 Å². The first-order chi connectivity index (χ1) is 15.8. The molecule has 0 amide bonds. The number of hydrogen-bond donors (Lipinski definition) is 1. The maximum absolute atomic E-state index is 5.56. The van der Waals surface area contributed by atoms with Gasteiger partial charge in [0, 0.05) is 24.8 Å². The van der Waals surface area contributed by atoms with Crippen LogP contribution >= 0.6 is 0 Å². The van der Waals surface area contributed by atoms with Crippen molar-refractivity contribution >= 4 is 33.8 Å². The van der Waals surface area contributed by atoms with Gasteiger partial charge in [0.1, 0.15) is 12.4 Å². The van der Waals surface area contributed by atoms with E-state index in [1.807, 2.05) is 36.4 Å². The first-order valence-electron chi connectivity index (χ1n) is 10.0. The number of aromatic nitrogens is 7. The normalized spacial score (nSPS) is 11.2. The van der Waals surface area contributed by atoms with Gasteiger partial charge in [0.05, 0.1) is 24.9 Å². The van der Waals surface area contributed by atoms with Crippen LogP contribution in [0.5, 0.6) is 5.88 Å². The van der Waals surface area contributed by atoms with Gasteiger partial charge in [-0.15, -0.1) is 5.10 Å². The van der Waals surface area contributed by atoms with Gasteiger partial charge in [0.15, 0.2) is 11.5 Å². The third-order valence-corrected chi connectivity index (χ3v) is 4.74. The van der Waals surface area contributed by atoms with E-state index < -0.39 is 0 Å². The van der Waals surface area contributed by atoms with Crippen LogP contribution in [0.3, 0.4) is 0 Å². The molecule has 0 aliphatic carbocycles. The molecule has 160 valence electrons. The first-order valence-corrected chi connectivity index (χ1v) is 10.0. The molecule has 10 heteroatoms. The fourth-order valence-corrected chi connectivity index (χ4v) is 3.24. The Balaban J connectivity index is 1.37. The van der Waals surface area contributed by atoms with Gasteiger partial charge in [-0.05, 0) is 29.8 Å². The largest absolute Gasteiger partial charge is 0.475 e. The van der Waals surface area contributed by atoms with E-state index in [-0.39, 0.29) is 0 Å². The third-order valence-electron chi connectivity index (χ3n) is 4.74. The zero-order valence-corrected chi connectivity index (χ0v) is 17.3. The number of methoxy groups -OCH3 is 1. The van der Waals surface area contributed by atoms with E-state index in [9.17, 15) is 0 Å². The highest BCUT2D eigenvalue weighted by Crippen LogP contribution is 2.19. The number of hydrogen-bond acceptors (Lipinski definition) is 9. The molecule has 0 unspecified atom stereocenters. The highest BCUT2D eigenvalue weighted by molar-refractivity contribution is 5.79. The quantitative estimate of drug-likeness (QED) is 0.373. The van der Waals surface area contributed by atoms with Crippen molar-refractivity contribution in [2.45, 2.75) is 6.54 Å². The third kappa shape index (κ3) is 4.30. The number of ether oxygens (including phenoxy) is 2. The van der Waals surface area contributed by atoms with Crippen LogP contribution in [-0.2, 0) is 11.3 Å². The second-order valence-corrected chi connectivity index (χ2v) is 7.01. The lowest BCUT2D eigenvalue weighted by atomic mass is 10.1. The molecule has 0 spiro atoms. The molecule has 0 atom stereocenters. The minimum Gasteiger partial charge on any atom is -0.475 e. The highest BCUT2D eigenvalue weighted by atomic mass is 16.5. The highest BCUT2D eigenvalue weighted by Gasteiger charge is 2.11. The Hall–Kier alpha value is -4.18. The van der Waals surface area contributed by atoms with Crippen LogP contribution in [0.4, 0.5) is 11.6 Å². The van der Waals surface area contributed by atoms with E-state index in [4.69, 9.17) is 9.47 Å². The molecule has 0 bridgehead atoms. The molecular weight excluding hydrogens is 408 g/mol. The summed E-state index contributed by atoms with van der Waals surface area (Å²) in [4.78, 5) is 17.8. The molecule has 10 nitrogen and oxygen atoms in total. The maximum Gasteiger partial charge on any atom is 0.221 e. The van der Waals surface area contributed by atoms with Crippen LogP contribution in [0.15, 0.2) is 60.9 Å². The van der Waals surface area contributed by atoms with E-state index >= 15 is 0 Å². The van der Waals surface area contributed by atoms with Crippen molar-refractivity contribution in [1.29, 1.82) is 0 Å². The predicted molar refractivity (Wildman–Crippen MR) is 119 cm³/mol. The Labute approximate surface area is 183 Å². The minimum absolute atomic E-state index is 0.425. The van der Waals surface area contributed by atoms with Crippen LogP contribution in [0.2, 0.25) is 0 Å². The molecule has 32 heavy (non-hydrogen) atoms. The van der Waals surface area contributed by atoms with Gasteiger partial charge in [0.2, 0.25) is 11.5 Å². The van der Waals surface area contributed by atoms with Gasteiger partial charge >= 0.3 is 0 Å². The molecule has 4 heterocycles. The Morgan fingerprint density at radius 3 is 2.88 bits per heavy atom. The zero-order chi connectivity index (χ0) is 21.8. The van der Waals surface area contributed by atoms with Crippen molar-refractivity contribution in [1.82, 2.24) is 34.9 Å². The molecule has 1 N–H and O–H groups in total. The minimum atomic E-state index is 0.425. The monoisotopic (exact) mass is 428 g/mol. The Morgan fingerprint density at radius 2 is 1.94 bits per heavy atom. The van der Waals surface area contributed by atoms with Gasteiger partial charge in [-0.1, -0.05) is 23.4 Å². The van der Waals surface area contributed by atoms with Gasteiger partial charge < -0.3 is 14.8 Å². The summed E-state index contributed by atoms with van der Waals surface area (Å²) in [6.07, 6.45) is 3.39. The summed E-state index contributed by atoms with van der Waals surface area (Å²) >= 11 is 0. The van der Waals surface area contributed by atoms with Gasteiger partial charge in [-0.3, -0.25) is 4.98 Å². The summed E-state index contributed by atoms with van der Waals surface area (Å²) in [6, 6.07) is 15.5. The van der Waals surface area contributed by atoms with Crippen LogP contribution in [0.1, 0.15) is 5.56 Å². The van der Waals surface area contributed by atoms with Crippen LogP contribution < -0.4 is 10.1 Å². The number of nitrogens with one attached hydrogen (secondary N) is 1. The standard InChI is InChI=1S/C22H20N8O2/c1-31-10-11-32-20-6-2-5-18(26-20)25-19-13-24-21-22(27-19)30(29-28-21)14-15-7-8-17-16(12-15)4-3-9-23-17/h2-9,12-13H,10-11,14H2,1H3,(H,25,26,27). The average Bonchev–Trinajstić information content (AvgIpc) is 3.21. The lowest BCUT2D eigenvalue weighted by Gasteiger charge is -2.08. The van der Waals surface area contributed by atoms with E-state index in [1.165, 1.54) is 0 Å². The summed E-state index contributed by atoms with van der Waals surface area (Å²) in [5.74, 6) is 1.62. The second-order valence-electron chi connectivity index (χ2n) is 7.01.